The summed E-state index contributed by atoms with van der Waals surface area (Å²) in [5.74, 6) is 0.140. The number of ether oxygens (including phenoxy) is 1. The second kappa shape index (κ2) is 9.12. The highest BCUT2D eigenvalue weighted by atomic mass is 31.3. The summed E-state index contributed by atoms with van der Waals surface area (Å²) < 4.78 is 53.3. The summed E-state index contributed by atoms with van der Waals surface area (Å²) in [5.41, 5.74) is 12.6. The summed E-state index contributed by atoms with van der Waals surface area (Å²) in [6, 6.07) is -1.40. The van der Waals surface area contributed by atoms with E-state index in [1.807, 2.05) is 0 Å². The Hall–Kier alpha value is -1.36. The van der Waals surface area contributed by atoms with E-state index < -0.39 is 54.5 Å². The van der Waals surface area contributed by atoms with Crippen molar-refractivity contribution in [3.8, 4) is 0 Å². The smallest absolute Gasteiger partial charge is 0.382 e. The highest BCUT2D eigenvalue weighted by Gasteiger charge is 2.46. The number of nitrogen functional groups attached to an aromatic ring is 1. The average molecular weight is 519 g/mol. The molecule has 180 valence electrons. The van der Waals surface area contributed by atoms with E-state index in [4.69, 9.17) is 26.0 Å². The summed E-state index contributed by atoms with van der Waals surface area (Å²) >= 11 is 0. The first-order valence-corrected chi connectivity index (χ1v) is 13.0. The molecule has 0 amide bonds. The standard InChI is InChI=1S/C11H20N7O11P3/c1-14-7-6(12)5(2-26-31(22,23)29-32(24,25)28-30(19,20)21)27-11(7)18-4-17-8-9(13)15-3-16-10(8)18/h3-7,11,14H,2,12H2,1H3,(H,22,23)(H,24,25)(H2,13,15,16)(H2,19,20,21). The molecule has 1 fully saturated rings. The third-order valence-electron chi connectivity index (χ3n) is 4.28. The van der Waals surface area contributed by atoms with Gasteiger partial charge in [-0.2, -0.15) is 8.62 Å². The number of aromatic nitrogens is 4. The van der Waals surface area contributed by atoms with E-state index in [2.05, 4.69) is 33.4 Å². The van der Waals surface area contributed by atoms with Crippen LogP contribution in [0.2, 0.25) is 0 Å². The normalized spacial score (nSPS) is 27.9. The van der Waals surface area contributed by atoms with Gasteiger partial charge in [0.2, 0.25) is 0 Å². The number of likely N-dealkylation sites (N-methyl/N-ethyl adjacent to an activating group) is 1. The summed E-state index contributed by atoms with van der Waals surface area (Å²) in [7, 11) is -14.9. The number of nitrogens with two attached hydrogens (primary N) is 2. The number of phosphoric acid groups is 3. The molecular weight excluding hydrogens is 499 g/mol. The maximum absolute atomic E-state index is 11.9. The first kappa shape index (κ1) is 25.3. The second-order valence-corrected chi connectivity index (χ2v) is 10.8. The fourth-order valence-electron chi connectivity index (χ4n) is 3.03. The number of fused-ring (bicyclic) bond motifs is 1. The zero-order chi connectivity index (χ0) is 23.9. The summed E-state index contributed by atoms with van der Waals surface area (Å²) in [5, 5.41) is 2.94. The highest BCUT2D eigenvalue weighted by Crippen LogP contribution is 2.66. The molecule has 9 N–H and O–H groups in total. The second-order valence-electron chi connectivity index (χ2n) is 6.43. The SMILES string of the molecule is CNC1C(N)C(COP(=O)(O)OP(=O)(O)OP(=O)(O)O)OC1n1cnc2c(N)ncnc21. The van der Waals surface area contributed by atoms with E-state index >= 15 is 0 Å². The molecule has 6 atom stereocenters. The number of hydrogen-bond acceptors (Lipinski definition) is 13. The van der Waals surface area contributed by atoms with Crippen molar-refractivity contribution in [2.75, 3.05) is 19.4 Å². The van der Waals surface area contributed by atoms with Crippen LogP contribution in [0.15, 0.2) is 12.7 Å². The van der Waals surface area contributed by atoms with E-state index in [0.29, 0.717) is 11.2 Å². The van der Waals surface area contributed by atoms with Gasteiger partial charge in [0.25, 0.3) is 0 Å². The largest absolute Gasteiger partial charge is 0.490 e. The van der Waals surface area contributed by atoms with E-state index in [1.165, 1.54) is 17.2 Å². The minimum Gasteiger partial charge on any atom is -0.382 e. The van der Waals surface area contributed by atoms with Gasteiger partial charge in [-0.3, -0.25) is 9.09 Å². The number of phosphoric ester groups is 1. The Bertz CT molecular complexity index is 1120. The maximum atomic E-state index is 11.9. The third kappa shape index (κ3) is 5.76. The van der Waals surface area contributed by atoms with Gasteiger partial charge >= 0.3 is 23.5 Å². The predicted molar refractivity (Wildman–Crippen MR) is 104 cm³/mol. The Labute approximate surface area is 179 Å². The molecule has 3 heterocycles. The molecule has 0 bridgehead atoms. The van der Waals surface area contributed by atoms with Crippen LogP contribution in [-0.4, -0.2) is 70.9 Å². The fraction of sp³-hybridized carbons (Fsp3) is 0.545. The van der Waals surface area contributed by atoms with Crippen molar-refractivity contribution >= 4 is 40.4 Å². The molecule has 1 aliphatic rings. The van der Waals surface area contributed by atoms with Gasteiger partial charge in [0.05, 0.1) is 25.0 Å². The predicted octanol–water partition coefficient (Wildman–Crippen LogP) is -1.44. The minimum absolute atomic E-state index is 0.140. The quantitative estimate of drug-likeness (QED) is 0.187. The molecule has 0 aromatic carbocycles. The van der Waals surface area contributed by atoms with Gasteiger partial charge in [-0.1, -0.05) is 0 Å². The minimum atomic E-state index is -5.64. The molecule has 18 nitrogen and oxygen atoms in total. The van der Waals surface area contributed by atoms with Crippen LogP contribution in [-0.2, 0) is 31.6 Å². The highest BCUT2D eigenvalue weighted by molar-refractivity contribution is 7.66. The van der Waals surface area contributed by atoms with Gasteiger partial charge in [-0.15, -0.1) is 0 Å². The number of hydrogen-bond donors (Lipinski definition) is 7. The summed E-state index contributed by atoms with van der Waals surface area (Å²) in [6.45, 7) is -0.705. The Balaban J connectivity index is 1.73. The van der Waals surface area contributed by atoms with Crippen LogP contribution in [0.25, 0.3) is 11.2 Å². The monoisotopic (exact) mass is 519 g/mol. The Morgan fingerprint density at radius 3 is 2.47 bits per heavy atom. The Morgan fingerprint density at radius 2 is 1.84 bits per heavy atom. The van der Waals surface area contributed by atoms with Crippen LogP contribution in [0.3, 0.4) is 0 Å². The van der Waals surface area contributed by atoms with Crippen molar-refractivity contribution in [3.05, 3.63) is 12.7 Å². The molecule has 0 spiro atoms. The van der Waals surface area contributed by atoms with Crippen LogP contribution in [0.1, 0.15) is 6.23 Å². The molecule has 0 aliphatic carbocycles. The molecule has 2 aromatic heterocycles. The van der Waals surface area contributed by atoms with Crippen molar-refractivity contribution in [2.45, 2.75) is 24.4 Å². The number of anilines is 1. The fourth-order valence-corrected chi connectivity index (χ4v) is 6.06. The van der Waals surface area contributed by atoms with Crippen LogP contribution in [0.5, 0.6) is 0 Å². The molecule has 32 heavy (non-hydrogen) atoms. The summed E-state index contributed by atoms with van der Waals surface area (Å²) in [4.78, 5) is 48.0. The van der Waals surface area contributed by atoms with Crippen molar-refractivity contribution in [2.24, 2.45) is 5.73 Å². The first-order valence-electron chi connectivity index (χ1n) is 8.53. The molecule has 1 saturated heterocycles. The zero-order valence-electron chi connectivity index (χ0n) is 16.1. The van der Waals surface area contributed by atoms with Gasteiger partial charge in [0.15, 0.2) is 17.7 Å². The van der Waals surface area contributed by atoms with Crippen LogP contribution >= 0.6 is 23.5 Å². The lowest BCUT2D eigenvalue weighted by Gasteiger charge is -2.21. The number of nitrogens with zero attached hydrogens (tertiary/aromatic N) is 4. The third-order valence-corrected chi connectivity index (χ3v) is 8.08. The van der Waals surface area contributed by atoms with E-state index in [0.717, 1.165) is 0 Å². The average Bonchev–Trinajstić information content (AvgIpc) is 3.18. The van der Waals surface area contributed by atoms with Gasteiger partial charge < -0.3 is 41.1 Å². The maximum Gasteiger partial charge on any atom is 0.490 e. The van der Waals surface area contributed by atoms with Crippen LogP contribution in [0, 0.1) is 0 Å². The lowest BCUT2D eigenvalue weighted by molar-refractivity contribution is -0.0274. The molecule has 0 radical (unpaired) electrons. The van der Waals surface area contributed by atoms with Crippen LogP contribution in [0.4, 0.5) is 5.82 Å². The molecular formula is C11H20N7O11P3. The van der Waals surface area contributed by atoms with Crippen molar-refractivity contribution < 1.29 is 51.2 Å². The lowest BCUT2D eigenvalue weighted by atomic mass is 10.1. The Morgan fingerprint density at radius 1 is 1.16 bits per heavy atom. The zero-order valence-corrected chi connectivity index (χ0v) is 18.8. The van der Waals surface area contributed by atoms with E-state index in [1.54, 1.807) is 7.05 Å². The van der Waals surface area contributed by atoms with Gasteiger partial charge in [0, 0.05) is 0 Å². The molecule has 2 aromatic rings. The number of imidazole rings is 1. The number of rotatable bonds is 9. The molecule has 3 rings (SSSR count). The van der Waals surface area contributed by atoms with Gasteiger partial charge in [-0.05, 0) is 7.05 Å². The molecule has 0 saturated carbocycles. The number of nitrogens with one attached hydrogen (secondary N) is 1. The van der Waals surface area contributed by atoms with Crippen molar-refractivity contribution in [3.63, 3.8) is 0 Å². The van der Waals surface area contributed by atoms with Gasteiger partial charge in [-0.25, -0.2) is 28.6 Å². The first-order chi connectivity index (χ1) is 14.7. The lowest BCUT2D eigenvalue weighted by Crippen LogP contribution is -2.48. The van der Waals surface area contributed by atoms with E-state index in [-0.39, 0.29) is 5.82 Å². The summed E-state index contributed by atoms with van der Waals surface area (Å²) in [6.07, 6.45) is 0.761. The van der Waals surface area contributed by atoms with Crippen molar-refractivity contribution in [1.29, 1.82) is 0 Å². The van der Waals surface area contributed by atoms with Crippen LogP contribution < -0.4 is 16.8 Å². The molecule has 6 unspecified atom stereocenters. The van der Waals surface area contributed by atoms with Crippen molar-refractivity contribution in [1.82, 2.24) is 24.8 Å². The molecule has 1 aliphatic heterocycles. The topological polar surface area (TPSA) is 277 Å². The van der Waals surface area contributed by atoms with Gasteiger partial charge in [0.1, 0.15) is 17.9 Å². The molecule has 21 heteroatoms. The van der Waals surface area contributed by atoms with E-state index in [9.17, 15) is 23.5 Å². The Kier molecular flexibility index (Phi) is 7.20.